The summed E-state index contributed by atoms with van der Waals surface area (Å²) in [6, 6.07) is 13.1. The summed E-state index contributed by atoms with van der Waals surface area (Å²) in [4.78, 5) is 12.7. The van der Waals surface area contributed by atoms with Crippen LogP contribution in [-0.2, 0) is 14.8 Å². The number of hydrogen-bond donors (Lipinski definition) is 1. The highest BCUT2D eigenvalue weighted by molar-refractivity contribution is 7.92. The minimum atomic E-state index is -3.64. The number of amides is 1. The van der Waals surface area contributed by atoms with Gasteiger partial charge in [0.15, 0.2) is 0 Å². The van der Waals surface area contributed by atoms with Crippen LogP contribution in [0.4, 0.5) is 11.4 Å². The topological polar surface area (TPSA) is 75.7 Å². The highest BCUT2D eigenvalue weighted by atomic mass is 32.2. The molecule has 2 rings (SSSR count). The lowest BCUT2D eigenvalue weighted by Crippen LogP contribution is -2.45. The van der Waals surface area contributed by atoms with Crippen LogP contribution in [0.25, 0.3) is 0 Å². The third kappa shape index (κ3) is 5.72. The number of anilines is 2. The van der Waals surface area contributed by atoms with Crippen molar-refractivity contribution < 1.29 is 17.9 Å². The normalized spacial score (nSPS) is 12.5. The summed E-state index contributed by atoms with van der Waals surface area (Å²) >= 11 is 0. The van der Waals surface area contributed by atoms with Crippen LogP contribution in [0, 0.1) is 6.92 Å². The van der Waals surface area contributed by atoms with Crippen molar-refractivity contribution in [1.82, 2.24) is 0 Å². The van der Waals surface area contributed by atoms with Gasteiger partial charge in [-0.25, -0.2) is 8.42 Å². The minimum Gasteiger partial charge on any atom is -0.491 e. The molecular weight excluding hydrogens is 364 g/mol. The number of rotatable bonds is 7. The number of carbonyl (C=O) groups excluding carboxylic acids is 1. The van der Waals surface area contributed by atoms with Gasteiger partial charge in [-0.1, -0.05) is 23.8 Å². The molecule has 0 aliphatic heterocycles. The summed E-state index contributed by atoms with van der Waals surface area (Å²) < 4.78 is 31.4. The number of nitrogens with zero attached hydrogens (tertiary/aromatic N) is 1. The molecule has 0 fully saturated rings. The Morgan fingerprint density at radius 2 is 1.70 bits per heavy atom. The molecule has 1 atom stereocenters. The van der Waals surface area contributed by atoms with Gasteiger partial charge in [-0.3, -0.25) is 9.10 Å². The standard InChI is InChI=1S/C20H26N2O4S/c1-14(2)26-19-8-6-7-17(13-19)21-20(23)16(4)22(27(5,24)25)18-11-9-15(3)10-12-18/h6-14,16H,1-5H3,(H,21,23)/t16-/m1/s1. The maximum atomic E-state index is 12.7. The van der Waals surface area contributed by atoms with E-state index in [1.165, 1.54) is 0 Å². The molecule has 0 aliphatic carbocycles. The number of benzene rings is 2. The van der Waals surface area contributed by atoms with Crippen LogP contribution >= 0.6 is 0 Å². The zero-order valence-electron chi connectivity index (χ0n) is 16.3. The molecule has 0 saturated carbocycles. The van der Waals surface area contributed by atoms with Crippen molar-refractivity contribution in [3.63, 3.8) is 0 Å². The average molecular weight is 391 g/mol. The summed E-state index contributed by atoms with van der Waals surface area (Å²) in [5.41, 5.74) is 2.00. The van der Waals surface area contributed by atoms with Gasteiger partial charge in [0.25, 0.3) is 0 Å². The number of aryl methyl sites for hydroxylation is 1. The molecule has 0 spiro atoms. The molecule has 0 radical (unpaired) electrons. The molecule has 146 valence electrons. The van der Waals surface area contributed by atoms with Gasteiger partial charge in [-0.05, 0) is 52.0 Å². The van der Waals surface area contributed by atoms with Crippen molar-refractivity contribution in [1.29, 1.82) is 0 Å². The first-order valence-corrected chi connectivity index (χ1v) is 10.6. The molecule has 0 bridgehead atoms. The van der Waals surface area contributed by atoms with E-state index < -0.39 is 22.0 Å². The SMILES string of the molecule is Cc1ccc(N([C@H](C)C(=O)Nc2cccc(OC(C)C)c2)S(C)(=O)=O)cc1. The Labute approximate surface area is 161 Å². The second kappa shape index (κ2) is 8.43. The lowest BCUT2D eigenvalue weighted by atomic mass is 10.2. The zero-order chi connectivity index (χ0) is 20.2. The molecule has 1 N–H and O–H groups in total. The molecule has 0 unspecified atom stereocenters. The largest absolute Gasteiger partial charge is 0.491 e. The number of hydrogen-bond acceptors (Lipinski definition) is 4. The van der Waals surface area contributed by atoms with E-state index in [0.29, 0.717) is 17.1 Å². The van der Waals surface area contributed by atoms with Gasteiger partial charge in [-0.15, -0.1) is 0 Å². The van der Waals surface area contributed by atoms with E-state index in [0.717, 1.165) is 16.1 Å². The Hall–Kier alpha value is -2.54. The molecule has 0 aromatic heterocycles. The Morgan fingerprint density at radius 3 is 2.26 bits per heavy atom. The Balaban J connectivity index is 2.24. The van der Waals surface area contributed by atoms with Gasteiger partial charge in [0, 0.05) is 11.8 Å². The fourth-order valence-corrected chi connectivity index (χ4v) is 3.84. The van der Waals surface area contributed by atoms with Crippen molar-refractivity contribution in [3.05, 3.63) is 54.1 Å². The second-order valence-electron chi connectivity index (χ2n) is 6.75. The molecule has 0 heterocycles. The first-order chi connectivity index (χ1) is 12.6. The predicted molar refractivity (Wildman–Crippen MR) is 109 cm³/mol. The van der Waals surface area contributed by atoms with Gasteiger partial charge >= 0.3 is 0 Å². The Morgan fingerprint density at radius 1 is 1.07 bits per heavy atom. The first kappa shape index (κ1) is 20.8. The smallest absolute Gasteiger partial charge is 0.247 e. The monoisotopic (exact) mass is 390 g/mol. The summed E-state index contributed by atoms with van der Waals surface area (Å²) in [7, 11) is -3.64. The molecule has 2 aromatic rings. The minimum absolute atomic E-state index is 0.0112. The van der Waals surface area contributed by atoms with E-state index in [9.17, 15) is 13.2 Å². The van der Waals surface area contributed by atoms with Gasteiger partial charge in [0.05, 0.1) is 18.0 Å². The van der Waals surface area contributed by atoms with Crippen molar-refractivity contribution in [2.45, 2.75) is 39.8 Å². The third-order valence-electron chi connectivity index (χ3n) is 3.85. The van der Waals surface area contributed by atoms with Crippen LogP contribution in [0.3, 0.4) is 0 Å². The molecule has 6 nitrogen and oxygen atoms in total. The zero-order valence-corrected chi connectivity index (χ0v) is 17.1. The van der Waals surface area contributed by atoms with Gasteiger partial charge in [-0.2, -0.15) is 0 Å². The van der Waals surface area contributed by atoms with Crippen molar-refractivity contribution in [3.8, 4) is 5.75 Å². The molecule has 27 heavy (non-hydrogen) atoms. The summed E-state index contributed by atoms with van der Waals surface area (Å²) in [6.07, 6.45) is 1.10. The lowest BCUT2D eigenvalue weighted by molar-refractivity contribution is -0.116. The summed E-state index contributed by atoms with van der Waals surface area (Å²) in [6.45, 7) is 7.30. The summed E-state index contributed by atoms with van der Waals surface area (Å²) in [5.74, 6) is 0.205. The molecular formula is C20H26N2O4S. The Kier molecular flexibility index (Phi) is 6.49. The maximum absolute atomic E-state index is 12.7. The van der Waals surface area contributed by atoms with Gasteiger partial charge in [0.1, 0.15) is 11.8 Å². The predicted octanol–water partition coefficient (Wildman–Crippen LogP) is 3.58. The fourth-order valence-electron chi connectivity index (χ4n) is 2.67. The van der Waals surface area contributed by atoms with E-state index in [4.69, 9.17) is 4.74 Å². The number of ether oxygens (including phenoxy) is 1. The second-order valence-corrected chi connectivity index (χ2v) is 8.61. The average Bonchev–Trinajstić information content (AvgIpc) is 2.55. The number of carbonyl (C=O) groups is 1. The molecule has 1 amide bonds. The third-order valence-corrected chi connectivity index (χ3v) is 5.09. The number of nitrogens with one attached hydrogen (secondary N) is 1. The van der Waals surface area contributed by atoms with E-state index in [-0.39, 0.29) is 6.10 Å². The van der Waals surface area contributed by atoms with Gasteiger partial charge < -0.3 is 10.1 Å². The molecule has 0 saturated heterocycles. The van der Waals surface area contributed by atoms with E-state index in [1.54, 1.807) is 43.3 Å². The van der Waals surface area contributed by atoms with Crippen molar-refractivity contribution in [2.75, 3.05) is 15.9 Å². The molecule has 7 heteroatoms. The van der Waals surface area contributed by atoms with Gasteiger partial charge in [0.2, 0.25) is 15.9 Å². The van der Waals surface area contributed by atoms with Crippen LogP contribution in [-0.4, -0.2) is 32.7 Å². The quantitative estimate of drug-likeness (QED) is 0.784. The highest BCUT2D eigenvalue weighted by Gasteiger charge is 2.29. The van der Waals surface area contributed by atoms with E-state index in [1.807, 2.05) is 32.9 Å². The van der Waals surface area contributed by atoms with E-state index >= 15 is 0 Å². The van der Waals surface area contributed by atoms with Crippen LogP contribution in [0.15, 0.2) is 48.5 Å². The highest BCUT2D eigenvalue weighted by Crippen LogP contribution is 2.23. The van der Waals surface area contributed by atoms with E-state index in [2.05, 4.69) is 5.32 Å². The molecule has 0 aliphatic rings. The lowest BCUT2D eigenvalue weighted by Gasteiger charge is -2.28. The Bertz CT molecular complexity index is 892. The molecule has 2 aromatic carbocycles. The van der Waals surface area contributed by atoms with Crippen molar-refractivity contribution in [2.24, 2.45) is 0 Å². The number of sulfonamides is 1. The first-order valence-electron chi connectivity index (χ1n) is 8.71. The van der Waals surface area contributed by atoms with Crippen LogP contribution in [0.2, 0.25) is 0 Å². The van der Waals surface area contributed by atoms with Crippen molar-refractivity contribution >= 4 is 27.3 Å². The summed E-state index contributed by atoms with van der Waals surface area (Å²) in [5, 5.41) is 2.76. The van der Waals surface area contributed by atoms with Crippen LogP contribution in [0.1, 0.15) is 26.3 Å². The van der Waals surface area contributed by atoms with Crippen LogP contribution in [0.5, 0.6) is 5.75 Å². The fraction of sp³-hybridized carbons (Fsp3) is 0.350. The van der Waals surface area contributed by atoms with Crippen LogP contribution < -0.4 is 14.4 Å². The maximum Gasteiger partial charge on any atom is 0.247 e.